The minimum Gasteiger partial charge on any atom is -0.258 e. The van der Waals surface area contributed by atoms with Crippen LogP contribution in [0.15, 0.2) is 59.6 Å². The van der Waals surface area contributed by atoms with Crippen molar-refractivity contribution >= 4 is 26.6 Å². The molecule has 0 N–H and O–H groups in total. The summed E-state index contributed by atoms with van der Waals surface area (Å²) in [5.74, 6) is 0. The minimum absolute atomic E-state index is 0.141. The molecule has 0 saturated heterocycles. The molecule has 0 atom stereocenters. The van der Waals surface area contributed by atoms with Crippen LogP contribution >= 0.6 is 0 Å². The molecule has 112 valence electrons. The Bertz CT molecular complexity index is 972. The van der Waals surface area contributed by atoms with E-state index < -0.39 is 14.9 Å². The van der Waals surface area contributed by atoms with Crippen molar-refractivity contribution in [1.82, 2.24) is 3.97 Å². The number of fused-ring (bicyclic) bond motifs is 1. The predicted molar refractivity (Wildman–Crippen MR) is 82.4 cm³/mol. The molecule has 0 fully saturated rings. The standard InChI is InChI=1S/C15H12N2O4S/c1-11-2-6-14(7-3-11)22(20,21)16-9-8-12-4-5-13(17(18)19)10-15(12)16/h2-10H,1H3. The van der Waals surface area contributed by atoms with Gasteiger partial charge in [-0.05, 0) is 31.2 Å². The highest BCUT2D eigenvalue weighted by molar-refractivity contribution is 7.90. The molecule has 7 heteroatoms. The van der Waals surface area contributed by atoms with Crippen LogP contribution in [0.4, 0.5) is 5.69 Å². The molecule has 1 heterocycles. The van der Waals surface area contributed by atoms with E-state index in [4.69, 9.17) is 0 Å². The molecule has 0 unspecified atom stereocenters. The third-order valence-electron chi connectivity index (χ3n) is 3.43. The van der Waals surface area contributed by atoms with Gasteiger partial charge in [0, 0.05) is 23.7 Å². The molecule has 0 aliphatic carbocycles. The fourth-order valence-corrected chi connectivity index (χ4v) is 3.58. The number of aryl methyl sites for hydroxylation is 1. The Balaban J connectivity index is 2.22. The number of benzene rings is 2. The number of aromatic nitrogens is 1. The number of nitro benzene ring substituents is 1. The maximum Gasteiger partial charge on any atom is 0.271 e. The van der Waals surface area contributed by atoms with Crippen LogP contribution in [0.25, 0.3) is 10.9 Å². The molecule has 22 heavy (non-hydrogen) atoms. The van der Waals surface area contributed by atoms with E-state index in [1.165, 1.54) is 36.5 Å². The van der Waals surface area contributed by atoms with Crippen molar-refractivity contribution in [3.8, 4) is 0 Å². The Labute approximate surface area is 126 Å². The lowest BCUT2D eigenvalue weighted by Crippen LogP contribution is -2.11. The van der Waals surface area contributed by atoms with Crippen LogP contribution in [0.2, 0.25) is 0 Å². The summed E-state index contributed by atoms with van der Waals surface area (Å²) in [4.78, 5) is 10.5. The highest BCUT2D eigenvalue weighted by atomic mass is 32.2. The zero-order chi connectivity index (χ0) is 15.9. The highest BCUT2D eigenvalue weighted by Gasteiger charge is 2.20. The number of nitrogens with zero attached hydrogens (tertiary/aromatic N) is 2. The summed E-state index contributed by atoms with van der Waals surface area (Å²) in [6, 6.07) is 12.2. The van der Waals surface area contributed by atoms with Gasteiger partial charge in [0.1, 0.15) is 0 Å². The molecule has 0 radical (unpaired) electrons. The first-order chi connectivity index (χ1) is 10.4. The number of hydrogen-bond donors (Lipinski definition) is 0. The Morgan fingerprint density at radius 1 is 1.05 bits per heavy atom. The quantitative estimate of drug-likeness (QED) is 0.549. The van der Waals surface area contributed by atoms with Gasteiger partial charge in [-0.15, -0.1) is 0 Å². The second-order valence-electron chi connectivity index (χ2n) is 4.93. The first kappa shape index (κ1) is 14.3. The van der Waals surface area contributed by atoms with Gasteiger partial charge in [0.05, 0.1) is 15.3 Å². The molecule has 6 nitrogen and oxygen atoms in total. The fourth-order valence-electron chi connectivity index (χ4n) is 2.24. The second kappa shape index (κ2) is 4.96. The van der Waals surface area contributed by atoms with E-state index >= 15 is 0 Å². The fraction of sp³-hybridized carbons (Fsp3) is 0.0667. The number of non-ortho nitro benzene ring substituents is 1. The van der Waals surface area contributed by atoms with Crippen molar-refractivity contribution in [3.05, 3.63) is 70.4 Å². The zero-order valence-electron chi connectivity index (χ0n) is 11.6. The average molecular weight is 316 g/mol. The summed E-state index contributed by atoms with van der Waals surface area (Å²) in [6.07, 6.45) is 1.41. The molecule has 0 saturated carbocycles. The molecular formula is C15H12N2O4S. The predicted octanol–water partition coefficient (Wildman–Crippen LogP) is 3.09. The topological polar surface area (TPSA) is 82.2 Å². The summed E-state index contributed by atoms with van der Waals surface area (Å²) < 4.78 is 26.5. The minimum atomic E-state index is -3.79. The van der Waals surface area contributed by atoms with Crippen molar-refractivity contribution in [2.24, 2.45) is 0 Å². The lowest BCUT2D eigenvalue weighted by atomic mass is 10.2. The van der Waals surface area contributed by atoms with Gasteiger partial charge in [-0.1, -0.05) is 17.7 Å². The highest BCUT2D eigenvalue weighted by Crippen LogP contribution is 2.25. The van der Waals surface area contributed by atoms with E-state index in [1.807, 2.05) is 6.92 Å². The molecule has 3 aromatic rings. The van der Waals surface area contributed by atoms with Crippen LogP contribution in [0.1, 0.15) is 5.56 Å². The van der Waals surface area contributed by atoms with Crippen LogP contribution in [-0.2, 0) is 10.0 Å². The molecule has 2 aromatic carbocycles. The van der Waals surface area contributed by atoms with Gasteiger partial charge in [-0.25, -0.2) is 12.4 Å². The Hall–Kier alpha value is -2.67. The smallest absolute Gasteiger partial charge is 0.258 e. The molecule has 0 aliphatic rings. The van der Waals surface area contributed by atoms with E-state index in [-0.39, 0.29) is 16.1 Å². The third kappa shape index (κ3) is 2.25. The lowest BCUT2D eigenvalue weighted by Gasteiger charge is -2.08. The lowest BCUT2D eigenvalue weighted by molar-refractivity contribution is -0.384. The van der Waals surface area contributed by atoms with E-state index in [9.17, 15) is 18.5 Å². The number of hydrogen-bond acceptors (Lipinski definition) is 4. The van der Waals surface area contributed by atoms with E-state index in [0.29, 0.717) is 5.39 Å². The second-order valence-corrected chi connectivity index (χ2v) is 6.74. The molecule has 0 amide bonds. The Morgan fingerprint density at radius 3 is 2.36 bits per heavy atom. The third-order valence-corrected chi connectivity index (χ3v) is 5.13. The van der Waals surface area contributed by atoms with Gasteiger partial charge < -0.3 is 0 Å². The van der Waals surface area contributed by atoms with Crippen molar-refractivity contribution in [2.75, 3.05) is 0 Å². The molecular weight excluding hydrogens is 304 g/mol. The summed E-state index contributed by atoms with van der Waals surface area (Å²) in [7, 11) is -3.79. The first-order valence-corrected chi connectivity index (χ1v) is 7.91. The van der Waals surface area contributed by atoms with Crippen LogP contribution in [0, 0.1) is 17.0 Å². The summed E-state index contributed by atoms with van der Waals surface area (Å²) in [5, 5.41) is 11.5. The van der Waals surface area contributed by atoms with Gasteiger partial charge in [-0.3, -0.25) is 10.1 Å². The van der Waals surface area contributed by atoms with Gasteiger partial charge in [-0.2, -0.15) is 0 Å². The largest absolute Gasteiger partial charge is 0.271 e. The maximum atomic E-state index is 12.7. The molecule has 0 bridgehead atoms. The molecule has 1 aromatic heterocycles. The Kier molecular flexibility index (Phi) is 3.22. The van der Waals surface area contributed by atoms with E-state index in [2.05, 4.69) is 0 Å². The summed E-state index contributed by atoms with van der Waals surface area (Å²) in [5.41, 5.74) is 1.09. The van der Waals surface area contributed by atoms with Crippen molar-refractivity contribution in [2.45, 2.75) is 11.8 Å². The normalized spacial score (nSPS) is 11.7. The summed E-state index contributed by atoms with van der Waals surface area (Å²) >= 11 is 0. The molecule has 0 spiro atoms. The van der Waals surface area contributed by atoms with Crippen molar-refractivity contribution < 1.29 is 13.3 Å². The van der Waals surface area contributed by atoms with Gasteiger partial charge >= 0.3 is 0 Å². The maximum absolute atomic E-state index is 12.7. The zero-order valence-corrected chi connectivity index (χ0v) is 12.4. The van der Waals surface area contributed by atoms with E-state index in [0.717, 1.165) is 9.54 Å². The molecule has 0 aliphatic heterocycles. The SMILES string of the molecule is Cc1ccc(S(=O)(=O)n2ccc3ccc([N+](=O)[O-])cc32)cc1. The first-order valence-electron chi connectivity index (χ1n) is 6.47. The van der Waals surface area contributed by atoms with Crippen LogP contribution in [0.3, 0.4) is 0 Å². The average Bonchev–Trinajstić information content (AvgIpc) is 2.91. The summed E-state index contributed by atoms with van der Waals surface area (Å²) in [6.45, 7) is 1.87. The number of nitro groups is 1. The molecule has 3 rings (SSSR count). The van der Waals surface area contributed by atoms with Gasteiger partial charge in [0.15, 0.2) is 0 Å². The Morgan fingerprint density at radius 2 is 1.73 bits per heavy atom. The van der Waals surface area contributed by atoms with Gasteiger partial charge in [0.2, 0.25) is 0 Å². The van der Waals surface area contributed by atoms with Crippen LogP contribution < -0.4 is 0 Å². The van der Waals surface area contributed by atoms with Crippen molar-refractivity contribution in [1.29, 1.82) is 0 Å². The monoisotopic (exact) mass is 316 g/mol. The van der Waals surface area contributed by atoms with E-state index in [1.54, 1.807) is 18.2 Å². The van der Waals surface area contributed by atoms with Gasteiger partial charge in [0.25, 0.3) is 15.7 Å². The van der Waals surface area contributed by atoms with Crippen molar-refractivity contribution in [3.63, 3.8) is 0 Å². The van der Waals surface area contributed by atoms with Crippen LogP contribution in [0.5, 0.6) is 0 Å². The number of rotatable bonds is 3. The van der Waals surface area contributed by atoms with Crippen LogP contribution in [-0.4, -0.2) is 17.3 Å².